The van der Waals surface area contributed by atoms with Gasteiger partial charge in [-0.25, -0.2) is 9.59 Å². The highest BCUT2D eigenvalue weighted by molar-refractivity contribution is 5.82. The molecule has 516 valence electrons. The molecule has 4 aliphatic carbocycles. The summed E-state index contributed by atoms with van der Waals surface area (Å²) >= 11 is 0. The van der Waals surface area contributed by atoms with Gasteiger partial charge in [-0.05, 0) is 95.3 Å². The number of fused-ring (bicyclic) bond motifs is 1. The van der Waals surface area contributed by atoms with Gasteiger partial charge >= 0.3 is 11.9 Å². The Balaban J connectivity index is 0.763. The van der Waals surface area contributed by atoms with E-state index in [-0.39, 0.29) is 50.4 Å². The Morgan fingerprint density at radius 3 is 1.60 bits per heavy atom. The zero-order valence-electron chi connectivity index (χ0n) is 50.4. The smallest absolute Gasteiger partial charge is 0.330 e. The van der Waals surface area contributed by atoms with E-state index in [1.54, 1.807) is 12.2 Å². The predicted octanol–water partition coefficient (Wildman–Crippen LogP) is -5.95. The Morgan fingerprint density at radius 1 is 0.467 bits per heavy atom. The summed E-state index contributed by atoms with van der Waals surface area (Å²) in [7, 11) is 2.87. The highest BCUT2D eigenvalue weighted by Gasteiger charge is 2.56. The molecule has 5 aliphatic heterocycles. The fourth-order valence-corrected chi connectivity index (χ4v) is 14.1. The van der Waals surface area contributed by atoms with Gasteiger partial charge < -0.3 is 143 Å². The minimum atomic E-state index is -1.91. The third-order valence-corrected chi connectivity index (χ3v) is 19.6. The van der Waals surface area contributed by atoms with Crippen molar-refractivity contribution in [1.82, 2.24) is 0 Å². The van der Waals surface area contributed by atoms with Crippen molar-refractivity contribution < 1.29 is 153 Å². The van der Waals surface area contributed by atoms with Crippen molar-refractivity contribution in [3.05, 3.63) is 24.3 Å². The maximum Gasteiger partial charge on any atom is 0.330 e. The summed E-state index contributed by atoms with van der Waals surface area (Å²) in [6.07, 6.45) is -32.0. The van der Waals surface area contributed by atoms with E-state index in [2.05, 4.69) is 0 Å². The molecule has 0 radical (unpaired) electrons. The lowest BCUT2D eigenvalue weighted by Gasteiger charge is -2.53. The second kappa shape index (κ2) is 31.9. The lowest BCUT2D eigenvalue weighted by Crippen LogP contribution is -2.64. The van der Waals surface area contributed by atoms with E-state index in [0.717, 1.165) is 0 Å². The van der Waals surface area contributed by atoms with Gasteiger partial charge in [0.05, 0.1) is 80.4 Å². The van der Waals surface area contributed by atoms with Crippen LogP contribution in [0.25, 0.3) is 0 Å². The number of esters is 2. The van der Waals surface area contributed by atoms with Gasteiger partial charge in [-0.15, -0.1) is 0 Å². The maximum absolute atomic E-state index is 13.2. The standard InChI is InChI=1S/C59H94O31/c1-23-54(90-41(65)13-7-24-4-9-28(10-5-24)83-57-50(74)47(71)44(68)38(88-57)21-80-40(64)12-8-25-6-11-30(62)31(63)14-25)49(73)53(77)56(82-23)81-22-39-45(69)48(72)52(76)59(89-39)86-36-19-29-32(84-55(36)26-15-34(78-2)42(66)35(16-26)79-3)17-27(61)18-33(29)85-58-51(75)46(70)43(67)37(20-60)87-58/h7-8,12-13,23-39,42-63,66-77H,4-6,9-11,14-22H2,1-3H3/t23-,24?,25?,26?,27?,28?,29?,30?,31?,32?,33?,34?,35?,36?,37-,38-,39-,42?,43-,44-,45-,46-,47-,48+,49-,50+,51+,52-,53-,54-,55?,56-,57+,58+,59-/m0/s1. The highest BCUT2D eigenvalue weighted by atomic mass is 16.7. The molecular weight excluding hydrogens is 1200 g/mol. The zero-order valence-corrected chi connectivity index (χ0v) is 50.4. The minimum Gasteiger partial charge on any atom is -0.460 e. The molecule has 4 saturated carbocycles. The summed E-state index contributed by atoms with van der Waals surface area (Å²) < 4.78 is 76.9. The van der Waals surface area contributed by atoms with Crippen LogP contribution < -0.4 is 0 Å². The van der Waals surface area contributed by atoms with Gasteiger partial charge in [0.25, 0.3) is 0 Å². The van der Waals surface area contributed by atoms with Gasteiger partial charge in [0.1, 0.15) is 98.2 Å². The zero-order chi connectivity index (χ0) is 65.0. The molecule has 5 saturated heterocycles. The van der Waals surface area contributed by atoms with Crippen molar-refractivity contribution in [2.24, 2.45) is 23.7 Å². The van der Waals surface area contributed by atoms with Crippen LogP contribution >= 0.6 is 0 Å². The van der Waals surface area contributed by atoms with Crippen LogP contribution in [0.4, 0.5) is 0 Å². The second-order valence-electron chi connectivity index (χ2n) is 25.7. The first-order chi connectivity index (χ1) is 42.9. The summed E-state index contributed by atoms with van der Waals surface area (Å²) in [4.78, 5) is 25.7. The van der Waals surface area contributed by atoms with E-state index in [9.17, 15) is 91.3 Å². The summed E-state index contributed by atoms with van der Waals surface area (Å²) in [6.45, 7) is -0.354. The third kappa shape index (κ3) is 16.8. The fourth-order valence-electron chi connectivity index (χ4n) is 14.1. The van der Waals surface area contributed by atoms with E-state index >= 15 is 0 Å². The number of rotatable bonds is 20. The Hall–Kier alpha value is -2.66. The molecule has 0 spiro atoms. The quantitative estimate of drug-likeness (QED) is 0.0399. The number of carbonyl (C=O) groups is 2. The van der Waals surface area contributed by atoms with Gasteiger partial charge in [0, 0.05) is 38.7 Å². The van der Waals surface area contributed by atoms with Gasteiger partial charge in [-0.3, -0.25) is 0 Å². The number of hydrogen-bond acceptors (Lipinski definition) is 31. The minimum absolute atomic E-state index is 0.0101. The van der Waals surface area contributed by atoms with Crippen LogP contribution in [0.1, 0.15) is 84.0 Å². The summed E-state index contributed by atoms with van der Waals surface area (Å²) in [5, 5.41) is 172. The van der Waals surface area contributed by atoms with Crippen molar-refractivity contribution in [2.75, 3.05) is 34.0 Å². The molecule has 16 N–H and O–H groups in total. The molecule has 31 heteroatoms. The van der Waals surface area contributed by atoms with Crippen LogP contribution in [0.2, 0.25) is 0 Å². The number of methoxy groups -OCH3 is 2. The number of aliphatic hydroxyl groups excluding tert-OH is 16. The number of hydrogen-bond donors (Lipinski definition) is 16. The first-order valence-electron chi connectivity index (χ1n) is 31.3. The van der Waals surface area contributed by atoms with Crippen molar-refractivity contribution in [2.45, 2.75) is 274 Å². The number of aliphatic hydroxyl groups is 16. The molecular formula is C59H94O31. The number of carbonyl (C=O) groups excluding carboxylic acids is 2. The van der Waals surface area contributed by atoms with Crippen molar-refractivity contribution in [1.29, 1.82) is 0 Å². The van der Waals surface area contributed by atoms with Crippen molar-refractivity contribution in [3.63, 3.8) is 0 Å². The van der Waals surface area contributed by atoms with Gasteiger partial charge in [0.15, 0.2) is 31.3 Å². The first-order valence-corrected chi connectivity index (χ1v) is 31.3. The molecule has 5 heterocycles. The van der Waals surface area contributed by atoms with Crippen LogP contribution in [0, 0.1) is 23.7 Å². The molecule has 0 bridgehead atoms. The number of allylic oxidation sites excluding steroid dienone is 2. The van der Waals surface area contributed by atoms with Crippen LogP contribution in [0.3, 0.4) is 0 Å². The Morgan fingerprint density at radius 2 is 1.00 bits per heavy atom. The fraction of sp³-hybridized carbons (Fsp3) is 0.898. The van der Waals surface area contributed by atoms with Crippen LogP contribution in [0.5, 0.6) is 0 Å². The molecule has 9 fully saturated rings. The summed E-state index contributed by atoms with van der Waals surface area (Å²) in [6, 6.07) is 0. The van der Waals surface area contributed by atoms with Crippen molar-refractivity contribution >= 4 is 11.9 Å². The number of ether oxygens (including phenoxy) is 13. The molecule has 31 atom stereocenters. The van der Waals surface area contributed by atoms with E-state index < -0.39 is 234 Å². The molecule has 0 aromatic rings. The van der Waals surface area contributed by atoms with E-state index in [0.29, 0.717) is 38.5 Å². The molecule has 31 nitrogen and oxygen atoms in total. The maximum atomic E-state index is 13.2. The summed E-state index contributed by atoms with van der Waals surface area (Å²) in [5.41, 5.74) is 0. The Bertz CT molecular complexity index is 2300. The molecule has 90 heavy (non-hydrogen) atoms. The lowest BCUT2D eigenvalue weighted by atomic mass is 9.72. The molecule has 9 rings (SSSR count). The third-order valence-electron chi connectivity index (χ3n) is 19.6. The van der Waals surface area contributed by atoms with E-state index in [1.165, 1.54) is 33.3 Å². The highest BCUT2D eigenvalue weighted by Crippen LogP contribution is 2.46. The topological polar surface area (TPSA) is 478 Å². The van der Waals surface area contributed by atoms with E-state index in [1.807, 2.05) is 0 Å². The monoisotopic (exact) mass is 1300 g/mol. The van der Waals surface area contributed by atoms with Gasteiger partial charge in [-0.2, -0.15) is 0 Å². The lowest BCUT2D eigenvalue weighted by molar-refractivity contribution is -0.352. The van der Waals surface area contributed by atoms with Crippen LogP contribution in [-0.2, 0) is 71.2 Å². The van der Waals surface area contributed by atoms with E-state index in [4.69, 9.17) is 61.6 Å². The molecule has 0 amide bonds. The normalized spacial score (nSPS) is 49.7. The van der Waals surface area contributed by atoms with Crippen molar-refractivity contribution in [3.8, 4) is 0 Å². The molecule has 0 aromatic heterocycles. The van der Waals surface area contributed by atoms with Crippen LogP contribution in [-0.4, -0.2) is 318 Å². The molecule has 11 unspecified atom stereocenters. The largest absolute Gasteiger partial charge is 0.460 e. The average Bonchev–Trinajstić information content (AvgIpc) is 0.782. The molecule has 0 aromatic carbocycles. The van der Waals surface area contributed by atoms with Gasteiger partial charge in [0.2, 0.25) is 0 Å². The average molecular weight is 1300 g/mol. The predicted molar refractivity (Wildman–Crippen MR) is 297 cm³/mol. The summed E-state index contributed by atoms with van der Waals surface area (Å²) in [5.74, 6) is -3.03. The second-order valence-corrected chi connectivity index (χ2v) is 25.7. The van der Waals surface area contributed by atoms with Crippen LogP contribution in [0.15, 0.2) is 24.3 Å². The Labute approximate surface area is 519 Å². The Kier molecular flexibility index (Phi) is 25.4. The van der Waals surface area contributed by atoms with Gasteiger partial charge in [-0.1, -0.05) is 12.2 Å². The first kappa shape index (κ1) is 71.6. The molecule has 9 aliphatic rings. The SMILES string of the molecule is COC1CC(C2OC3CC(O)CC(O[C@@H]4O[C@@H](CO)[C@H](O)[C@H](O)[C@H]4O)C3CC2O[C@H]2O[C@@H](CO[C@H]3O[C@@H](C)[C@H](OC(=O)C=CC4CCC(O[C@@H]5O[C@@H](COC(=O)C=CC6CCC(O)C(O)C6)[C@H](O)[C@H](O)[C@H]5O)CC4)[C@@H](O)[C@@H]3O)[C@H](O)[C@@H](O)[C@@H]2O)CC(OC)C1O.